The predicted molar refractivity (Wildman–Crippen MR) is 84.7 cm³/mol. The molecule has 1 aromatic carbocycles. The number of anilines is 1. The van der Waals surface area contributed by atoms with E-state index in [0.29, 0.717) is 13.0 Å². The number of hydrogen-bond acceptors (Lipinski definition) is 3. The molecule has 1 heterocycles. The number of carbonyl (C=O) groups excluding carboxylic acids is 1. The highest BCUT2D eigenvalue weighted by Crippen LogP contribution is 2.20. The summed E-state index contributed by atoms with van der Waals surface area (Å²) in [6, 6.07) is 9.60. The summed E-state index contributed by atoms with van der Waals surface area (Å²) in [6.45, 7) is 4.58. The minimum Gasteiger partial charge on any atom is -0.399 e. The Morgan fingerprint density at radius 3 is 2.67 bits per heavy atom. The van der Waals surface area contributed by atoms with Crippen molar-refractivity contribution in [2.24, 2.45) is 0 Å². The molecule has 4 heteroatoms. The Balaban J connectivity index is 1.87. The summed E-state index contributed by atoms with van der Waals surface area (Å²) in [5, 5.41) is 2.96. The molecule has 1 amide bonds. The Morgan fingerprint density at radius 1 is 1.29 bits per heavy atom. The number of nitrogens with two attached hydrogens (primary N) is 1. The van der Waals surface area contributed by atoms with Crippen LogP contribution in [0.25, 0.3) is 0 Å². The van der Waals surface area contributed by atoms with Crippen LogP contribution >= 0.6 is 0 Å². The molecule has 2 rings (SSSR count). The van der Waals surface area contributed by atoms with Crippen molar-refractivity contribution in [1.29, 1.82) is 0 Å². The molecule has 0 saturated carbocycles. The summed E-state index contributed by atoms with van der Waals surface area (Å²) in [6.07, 6.45) is 4.01. The van der Waals surface area contributed by atoms with Gasteiger partial charge in [0.05, 0.1) is 0 Å². The van der Waals surface area contributed by atoms with Crippen LogP contribution in [0.1, 0.15) is 36.0 Å². The van der Waals surface area contributed by atoms with Crippen LogP contribution in [0.2, 0.25) is 0 Å². The molecule has 4 nitrogen and oxygen atoms in total. The van der Waals surface area contributed by atoms with Gasteiger partial charge in [-0.3, -0.25) is 9.78 Å². The van der Waals surface area contributed by atoms with E-state index >= 15 is 0 Å². The summed E-state index contributed by atoms with van der Waals surface area (Å²) in [5.41, 5.74) is 9.72. The lowest BCUT2D eigenvalue weighted by atomic mass is 9.97. The first kappa shape index (κ1) is 15.0. The quantitative estimate of drug-likeness (QED) is 0.829. The minimum atomic E-state index is 0.0514. The number of aryl methyl sites for hydroxylation is 1. The summed E-state index contributed by atoms with van der Waals surface area (Å²) < 4.78 is 0. The smallest absolute Gasteiger partial charge is 0.220 e. The fourth-order valence-corrected chi connectivity index (χ4v) is 2.19. The van der Waals surface area contributed by atoms with Gasteiger partial charge < -0.3 is 11.1 Å². The third kappa shape index (κ3) is 4.31. The molecule has 0 bridgehead atoms. The van der Waals surface area contributed by atoms with Gasteiger partial charge in [-0.05, 0) is 47.7 Å². The average Bonchev–Trinajstić information content (AvgIpc) is 2.47. The van der Waals surface area contributed by atoms with Gasteiger partial charge in [0.25, 0.3) is 0 Å². The van der Waals surface area contributed by atoms with Crippen LogP contribution in [-0.2, 0) is 11.3 Å². The fraction of sp³-hybridized carbons (Fsp3) is 0.294. The molecule has 1 atom stereocenters. The van der Waals surface area contributed by atoms with Gasteiger partial charge in [0.2, 0.25) is 5.91 Å². The van der Waals surface area contributed by atoms with Crippen molar-refractivity contribution in [3.8, 4) is 0 Å². The number of rotatable bonds is 5. The summed E-state index contributed by atoms with van der Waals surface area (Å²) in [4.78, 5) is 16.1. The maximum atomic E-state index is 12.0. The first-order valence-electron chi connectivity index (χ1n) is 7.08. The van der Waals surface area contributed by atoms with Crippen molar-refractivity contribution < 1.29 is 4.79 Å². The average molecular weight is 283 g/mol. The number of nitrogens with one attached hydrogen (secondary N) is 1. The van der Waals surface area contributed by atoms with Gasteiger partial charge in [-0.2, -0.15) is 0 Å². The fourth-order valence-electron chi connectivity index (χ4n) is 2.19. The van der Waals surface area contributed by atoms with Crippen LogP contribution in [-0.4, -0.2) is 10.9 Å². The number of benzene rings is 1. The largest absolute Gasteiger partial charge is 0.399 e. The lowest BCUT2D eigenvalue weighted by Crippen LogP contribution is -2.24. The minimum absolute atomic E-state index is 0.0514. The van der Waals surface area contributed by atoms with Crippen LogP contribution < -0.4 is 11.1 Å². The van der Waals surface area contributed by atoms with E-state index in [1.54, 1.807) is 12.4 Å². The monoisotopic (exact) mass is 283 g/mol. The predicted octanol–water partition coefficient (Wildman–Crippen LogP) is 2.78. The first-order valence-corrected chi connectivity index (χ1v) is 7.08. The van der Waals surface area contributed by atoms with Crippen LogP contribution in [0.4, 0.5) is 5.69 Å². The van der Waals surface area contributed by atoms with Gasteiger partial charge in [-0.25, -0.2) is 0 Å². The second-order valence-electron chi connectivity index (χ2n) is 5.35. The van der Waals surface area contributed by atoms with E-state index in [1.807, 2.05) is 44.2 Å². The SMILES string of the molecule is Cc1cnccc1CNC(=O)CC(C)c1ccc(N)cc1. The lowest BCUT2D eigenvalue weighted by molar-refractivity contribution is -0.121. The van der Waals surface area contributed by atoms with Gasteiger partial charge in [0.15, 0.2) is 0 Å². The van der Waals surface area contributed by atoms with E-state index in [4.69, 9.17) is 5.73 Å². The van der Waals surface area contributed by atoms with Crippen LogP contribution in [0, 0.1) is 6.92 Å². The zero-order valence-electron chi connectivity index (χ0n) is 12.5. The Morgan fingerprint density at radius 2 is 2.00 bits per heavy atom. The van der Waals surface area contributed by atoms with Gasteiger partial charge in [0.1, 0.15) is 0 Å². The molecule has 1 unspecified atom stereocenters. The molecule has 2 aromatic rings. The molecule has 21 heavy (non-hydrogen) atoms. The number of pyridine rings is 1. The molecule has 0 radical (unpaired) electrons. The van der Waals surface area contributed by atoms with Gasteiger partial charge in [-0.15, -0.1) is 0 Å². The van der Waals surface area contributed by atoms with E-state index in [1.165, 1.54) is 0 Å². The maximum absolute atomic E-state index is 12.0. The number of amides is 1. The highest BCUT2D eigenvalue weighted by Gasteiger charge is 2.11. The summed E-state index contributed by atoms with van der Waals surface area (Å²) in [7, 11) is 0. The lowest BCUT2D eigenvalue weighted by Gasteiger charge is -2.13. The van der Waals surface area contributed by atoms with Crippen LogP contribution in [0.15, 0.2) is 42.7 Å². The molecule has 110 valence electrons. The van der Waals surface area contributed by atoms with E-state index < -0.39 is 0 Å². The molecule has 0 saturated heterocycles. The summed E-state index contributed by atoms with van der Waals surface area (Å²) >= 11 is 0. The first-order chi connectivity index (χ1) is 10.1. The molecule has 0 aliphatic rings. The van der Waals surface area contributed by atoms with Crippen molar-refractivity contribution in [1.82, 2.24) is 10.3 Å². The Bertz CT molecular complexity index is 608. The third-order valence-electron chi connectivity index (χ3n) is 3.61. The molecule has 0 fully saturated rings. The van der Waals surface area contributed by atoms with Crippen molar-refractivity contribution in [3.05, 3.63) is 59.4 Å². The number of carbonyl (C=O) groups is 1. The molecular weight excluding hydrogens is 262 g/mol. The van der Waals surface area contributed by atoms with Crippen molar-refractivity contribution in [2.45, 2.75) is 32.7 Å². The Labute approximate surface area is 125 Å². The van der Waals surface area contributed by atoms with Crippen LogP contribution in [0.5, 0.6) is 0 Å². The second-order valence-corrected chi connectivity index (χ2v) is 5.35. The van der Waals surface area contributed by atoms with Gasteiger partial charge in [-0.1, -0.05) is 19.1 Å². The molecule has 0 aliphatic carbocycles. The highest BCUT2D eigenvalue weighted by molar-refractivity contribution is 5.76. The van der Waals surface area contributed by atoms with E-state index in [9.17, 15) is 4.79 Å². The molecule has 1 aromatic heterocycles. The zero-order chi connectivity index (χ0) is 15.2. The maximum Gasteiger partial charge on any atom is 0.220 e. The third-order valence-corrected chi connectivity index (χ3v) is 3.61. The number of hydrogen-bond donors (Lipinski definition) is 2. The molecule has 0 spiro atoms. The number of nitrogens with zero attached hydrogens (tertiary/aromatic N) is 1. The van der Waals surface area contributed by atoms with E-state index in [2.05, 4.69) is 10.3 Å². The Kier molecular flexibility index (Phi) is 4.93. The Hall–Kier alpha value is -2.36. The van der Waals surface area contributed by atoms with Crippen LogP contribution in [0.3, 0.4) is 0 Å². The number of nitrogen functional groups attached to an aromatic ring is 1. The number of aromatic nitrogens is 1. The normalized spacial score (nSPS) is 11.9. The highest BCUT2D eigenvalue weighted by atomic mass is 16.1. The van der Waals surface area contributed by atoms with Gasteiger partial charge in [0, 0.05) is 31.0 Å². The van der Waals surface area contributed by atoms with E-state index in [-0.39, 0.29) is 11.8 Å². The second kappa shape index (κ2) is 6.88. The van der Waals surface area contributed by atoms with E-state index in [0.717, 1.165) is 22.4 Å². The molecule has 3 N–H and O–H groups in total. The molecule has 0 aliphatic heterocycles. The zero-order valence-corrected chi connectivity index (χ0v) is 12.5. The standard InChI is InChI=1S/C17H21N3O/c1-12(14-3-5-16(18)6-4-14)9-17(21)20-11-15-7-8-19-10-13(15)2/h3-8,10,12H,9,11,18H2,1-2H3,(H,20,21). The van der Waals surface area contributed by atoms with Crippen molar-refractivity contribution >= 4 is 11.6 Å². The van der Waals surface area contributed by atoms with Crippen molar-refractivity contribution in [3.63, 3.8) is 0 Å². The summed E-state index contributed by atoms with van der Waals surface area (Å²) in [5.74, 6) is 0.222. The molecular formula is C17H21N3O. The van der Waals surface area contributed by atoms with Gasteiger partial charge >= 0.3 is 0 Å². The topological polar surface area (TPSA) is 68.0 Å². The van der Waals surface area contributed by atoms with Crippen molar-refractivity contribution in [2.75, 3.05) is 5.73 Å².